The maximum absolute atomic E-state index is 11.2. The summed E-state index contributed by atoms with van der Waals surface area (Å²) in [6, 6.07) is 0. The molecule has 0 rings (SSSR count). The third kappa shape index (κ3) is 3.94. The minimum atomic E-state index is 0.0486. The average molecular weight is 156 g/mol. The lowest BCUT2D eigenvalue weighted by atomic mass is 9.99. The number of methoxy groups -OCH3 is 1. The van der Waals surface area contributed by atoms with Crippen LogP contribution in [0.25, 0.3) is 0 Å². The van der Waals surface area contributed by atoms with E-state index in [1.54, 1.807) is 14.0 Å². The summed E-state index contributed by atoms with van der Waals surface area (Å²) in [6.07, 6.45) is 0.780. The lowest BCUT2D eigenvalue weighted by Gasteiger charge is -2.08. The molecule has 0 aliphatic carbocycles. The number of carbonyl (C=O) groups is 1. The fourth-order valence-corrected chi connectivity index (χ4v) is 0.846. The standard InChI is InChI=1S/C9H16O2/c1-7(2)9(10)8(3)5-6-11-4/h8H,1,5-6H2,2-4H3. The second-order valence-corrected chi connectivity index (χ2v) is 2.83. The molecule has 1 atom stereocenters. The van der Waals surface area contributed by atoms with Gasteiger partial charge in [0.25, 0.3) is 0 Å². The first-order valence-corrected chi connectivity index (χ1v) is 3.78. The van der Waals surface area contributed by atoms with E-state index in [1.165, 1.54) is 0 Å². The van der Waals surface area contributed by atoms with Crippen molar-refractivity contribution in [1.29, 1.82) is 0 Å². The first-order chi connectivity index (χ1) is 5.09. The highest BCUT2D eigenvalue weighted by molar-refractivity contribution is 5.95. The van der Waals surface area contributed by atoms with E-state index < -0.39 is 0 Å². The summed E-state index contributed by atoms with van der Waals surface area (Å²) in [6.45, 7) is 7.87. The highest BCUT2D eigenvalue weighted by Crippen LogP contribution is 2.08. The fourth-order valence-electron chi connectivity index (χ4n) is 0.846. The SMILES string of the molecule is C=C(C)C(=O)C(C)CCOC. The van der Waals surface area contributed by atoms with Crippen LogP contribution >= 0.6 is 0 Å². The quantitative estimate of drug-likeness (QED) is 0.567. The van der Waals surface area contributed by atoms with E-state index in [9.17, 15) is 4.79 Å². The molecule has 64 valence electrons. The van der Waals surface area contributed by atoms with Crippen molar-refractivity contribution in [2.45, 2.75) is 20.3 Å². The van der Waals surface area contributed by atoms with Crippen molar-refractivity contribution in [1.82, 2.24) is 0 Å². The van der Waals surface area contributed by atoms with Gasteiger partial charge < -0.3 is 4.74 Å². The molecule has 0 aromatic rings. The van der Waals surface area contributed by atoms with E-state index in [0.29, 0.717) is 12.2 Å². The van der Waals surface area contributed by atoms with E-state index in [0.717, 1.165) is 6.42 Å². The molecule has 0 spiro atoms. The molecule has 11 heavy (non-hydrogen) atoms. The van der Waals surface area contributed by atoms with Crippen LogP contribution < -0.4 is 0 Å². The summed E-state index contributed by atoms with van der Waals surface area (Å²) in [5.41, 5.74) is 0.633. The number of ether oxygens (including phenoxy) is 1. The van der Waals surface area contributed by atoms with E-state index in [1.807, 2.05) is 6.92 Å². The number of carbonyl (C=O) groups excluding carboxylic acids is 1. The molecule has 1 unspecified atom stereocenters. The van der Waals surface area contributed by atoms with Crippen LogP contribution in [-0.2, 0) is 9.53 Å². The van der Waals surface area contributed by atoms with Crippen LogP contribution in [-0.4, -0.2) is 19.5 Å². The Labute approximate surface area is 68.2 Å². The number of ketones is 1. The molecule has 0 fully saturated rings. The van der Waals surface area contributed by atoms with Crippen molar-refractivity contribution in [3.05, 3.63) is 12.2 Å². The van der Waals surface area contributed by atoms with Gasteiger partial charge in [0.05, 0.1) is 0 Å². The minimum Gasteiger partial charge on any atom is -0.385 e. The van der Waals surface area contributed by atoms with Crippen molar-refractivity contribution in [2.75, 3.05) is 13.7 Å². The zero-order valence-electron chi connectivity index (χ0n) is 7.52. The van der Waals surface area contributed by atoms with Crippen molar-refractivity contribution in [3.63, 3.8) is 0 Å². The first kappa shape index (κ1) is 10.4. The Hall–Kier alpha value is -0.630. The normalized spacial score (nSPS) is 12.6. The van der Waals surface area contributed by atoms with E-state index in [2.05, 4.69) is 6.58 Å². The maximum atomic E-state index is 11.2. The average Bonchev–Trinajstić information content (AvgIpc) is 1.98. The van der Waals surface area contributed by atoms with Crippen molar-refractivity contribution in [2.24, 2.45) is 5.92 Å². The van der Waals surface area contributed by atoms with Crippen LogP contribution in [0.3, 0.4) is 0 Å². The second kappa shape index (κ2) is 5.08. The lowest BCUT2D eigenvalue weighted by molar-refractivity contribution is -0.119. The van der Waals surface area contributed by atoms with Gasteiger partial charge in [-0.05, 0) is 18.9 Å². The first-order valence-electron chi connectivity index (χ1n) is 3.78. The van der Waals surface area contributed by atoms with Gasteiger partial charge in [-0.25, -0.2) is 0 Å². The zero-order chi connectivity index (χ0) is 8.85. The Bertz CT molecular complexity index is 150. The number of hydrogen-bond acceptors (Lipinski definition) is 2. The van der Waals surface area contributed by atoms with Crippen LogP contribution in [0, 0.1) is 5.92 Å². The molecule has 2 nitrogen and oxygen atoms in total. The summed E-state index contributed by atoms with van der Waals surface area (Å²) in [5.74, 6) is 0.189. The van der Waals surface area contributed by atoms with E-state index in [-0.39, 0.29) is 11.7 Å². The Morgan fingerprint density at radius 3 is 2.55 bits per heavy atom. The summed E-state index contributed by atoms with van der Waals surface area (Å²) in [4.78, 5) is 11.2. The van der Waals surface area contributed by atoms with Crippen LogP contribution in [0.1, 0.15) is 20.3 Å². The second-order valence-electron chi connectivity index (χ2n) is 2.83. The monoisotopic (exact) mass is 156 g/mol. The molecular formula is C9H16O2. The molecule has 0 amide bonds. The Morgan fingerprint density at radius 1 is 1.64 bits per heavy atom. The van der Waals surface area contributed by atoms with E-state index >= 15 is 0 Å². The number of allylic oxidation sites excluding steroid dienone is 1. The molecule has 2 heteroatoms. The van der Waals surface area contributed by atoms with Gasteiger partial charge in [0, 0.05) is 19.6 Å². The van der Waals surface area contributed by atoms with Crippen LogP contribution in [0.5, 0.6) is 0 Å². The summed E-state index contributed by atoms with van der Waals surface area (Å²) in [5, 5.41) is 0. The predicted octanol–water partition coefficient (Wildman–Crippen LogP) is 1.80. The molecule has 0 bridgehead atoms. The minimum absolute atomic E-state index is 0.0486. The molecule has 0 aliphatic rings. The van der Waals surface area contributed by atoms with Crippen LogP contribution in [0.4, 0.5) is 0 Å². The molecule has 0 aromatic heterocycles. The molecule has 0 saturated carbocycles. The maximum Gasteiger partial charge on any atom is 0.160 e. The molecule has 0 aromatic carbocycles. The third-order valence-electron chi connectivity index (χ3n) is 1.62. The third-order valence-corrected chi connectivity index (χ3v) is 1.62. The van der Waals surface area contributed by atoms with Gasteiger partial charge in [0.1, 0.15) is 0 Å². The van der Waals surface area contributed by atoms with Gasteiger partial charge in [-0.2, -0.15) is 0 Å². The van der Waals surface area contributed by atoms with Gasteiger partial charge in [0.2, 0.25) is 0 Å². The number of rotatable bonds is 5. The molecule has 0 N–H and O–H groups in total. The van der Waals surface area contributed by atoms with Gasteiger partial charge >= 0.3 is 0 Å². The van der Waals surface area contributed by atoms with Crippen LogP contribution in [0.15, 0.2) is 12.2 Å². The van der Waals surface area contributed by atoms with Gasteiger partial charge in [-0.15, -0.1) is 0 Å². The van der Waals surface area contributed by atoms with Crippen LogP contribution in [0.2, 0.25) is 0 Å². The summed E-state index contributed by atoms with van der Waals surface area (Å²) >= 11 is 0. The topological polar surface area (TPSA) is 26.3 Å². The number of Topliss-reactive ketones (excluding diaryl/α,β-unsaturated/α-hetero) is 1. The Morgan fingerprint density at radius 2 is 2.18 bits per heavy atom. The summed E-state index contributed by atoms with van der Waals surface area (Å²) < 4.78 is 4.86. The predicted molar refractivity (Wildman–Crippen MR) is 45.5 cm³/mol. The fraction of sp³-hybridized carbons (Fsp3) is 0.667. The number of hydrogen-bond donors (Lipinski definition) is 0. The Balaban J connectivity index is 3.73. The lowest BCUT2D eigenvalue weighted by Crippen LogP contribution is -2.13. The Kier molecular flexibility index (Phi) is 4.79. The van der Waals surface area contributed by atoms with Crippen molar-refractivity contribution >= 4 is 5.78 Å². The van der Waals surface area contributed by atoms with Gasteiger partial charge in [-0.1, -0.05) is 13.5 Å². The molecule has 0 aliphatic heterocycles. The van der Waals surface area contributed by atoms with E-state index in [4.69, 9.17) is 4.74 Å². The molecular weight excluding hydrogens is 140 g/mol. The molecule has 0 heterocycles. The molecule has 0 radical (unpaired) electrons. The van der Waals surface area contributed by atoms with Crippen molar-refractivity contribution in [3.8, 4) is 0 Å². The zero-order valence-corrected chi connectivity index (χ0v) is 7.52. The van der Waals surface area contributed by atoms with Crippen molar-refractivity contribution < 1.29 is 9.53 Å². The highest BCUT2D eigenvalue weighted by Gasteiger charge is 2.12. The largest absolute Gasteiger partial charge is 0.385 e. The highest BCUT2D eigenvalue weighted by atomic mass is 16.5. The summed E-state index contributed by atoms with van der Waals surface area (Å²) in [7, 11) is 1.64. The van der Waals surface area contributed by atoms with Gasteiger partial charge in [-0.3, -0.25) is 4.79 Å². The smallest absolute Gasteiger partial charge is 0.160 e. The molecule has 0 saturated heterocycles. The van der Waals surface area contributed by atoms with Gasteiger partial charge in [0.15, 0.2) is 5.78 Å².